The summed E-state index contributed by atoms with van der Waals surface area (Å²) in [6.07, 6.45) is 5.16. The number of ether oxygens (including phenoxy) is 1. The number of nitrogens with one attached hydrogen (secondary N) is 1. The van der Waals surface area contributed by atoms with Gasteiger partial charge < -0.3 is 15.0 Å². The molecule has 2 aromatic rings. The molecule has 0 aromatic heterocycles. The number of benzene rings is 2. The van der Waals surface area contributed by atoms with E-state index in [-0.39, 0.29) is 17.9 Å². The molecular weight excluding hydrogens is 388 g/mol. The maximum Gasteiger partial charge on any atom is 0.254 e. The van der Waals surface area contributed by atoms with Crippen LogP contribution in [0.2, 0.25) is 0 Å². The third-order valence-electron chi connectivity index (χ3n) is 6.68. The number of hydrogen-bond acceptors (Lipinski definition) is 3. The first-order chi connectivity index (χ1) is 15.2. The first kappa shape index (κ1) is 21.6. The van der Waals surface area contributed by atoms with Gasteiger partial charge in [-0.1, -0.05) is 55.3 Å². The van der Waals surface area contributed by atoms with Crippen LogP contribution in [-0.2, 0) is 22.7 Å². The molecule has 5 heteroatoms. The van der Waals surface area contributed by atoms with E-state index in [2.05, 4.69) is 5.32 Å². The van der Waals surface area contributed by atoms with Crippen molar-refractivity contribution < 1.29 is 14.3 Å². The molecule has 2 aliphatic rings. The quantitative estimate of drug-likeness (QED) is 0.726. The van der Waals surface area contributed by atoms with Crippen LogP contribution in [0.25, 0.3) is 0 Å². The van der Waals surface area contributed by atoms with Crippen LogP contribution in [0.4, 0.5) is 0 Å². The van der Waals surface area contributed by atoms with Crippen molar-refractivity contribution >= 4 is 11.8 Å². The monoisotopic (exact) mass is 420 g/mol. The standard InChI is InChI=1S/C26H32N2O3/c1-2-31-18-22-14-7-6-13-21(22)17-27-25(29)24-16-20-12-8-9-15-23(20)28(24)26(30)19-10-4-3-5-11-19/h3-7,10-11,13-14,20,23-24H,2,8-9,12,15-18H2,1H3,(H,27,29). The number of amides is 2. The molecule has 1 heterocycles. The zero-order valence-electron chi connectivity index (χ0n) is 18.3. The third-order valence-corrected chi connectivity index (χ3v) is 6.68. The van der Waals surface area contributed by atoms with Crippen LogP contribution in [0.15, 0.2) is 54.6 Å². The predicted octanol–water partition coefficient (Wildman–Crippen LogP) is 4.31. The Morgan fingerprint density at radius 3 is 2.48 bits per heavy atom. The van der Waals surface area contributed by atoms with Gasteiger partial charge in [-0.3, -0.25) is 9.59 Å². The molecule has 1 saturated heterocycles. The SMILES string of the molecule is CCOCc1ccccc1CNC(=O)C1CC2CCCCC2N1C(=O)c1ccccc1. The van der Waals surface area contributed by atoms with Gasteiger partial charge in [-0.2, -0.15) is 0 Å². The van der Waals surface area contributed by atoms with Crippen LogP contribution in [0.1, 0.15) is 60.5 Å². The highest BCUT2D eigenvalue weighted by atomic mass is 16.5. The van der Waals surface area contributed by atoms with E-state index in [4.69, 9.17) is 4.74 Å². The molecular formula is C26H32N2O3. The summed E-state index contributed by atoms with van der Waals surface area (Å²) in [6, 6.07) is 17.2. The third kappa shape index (κ3) is 4.82. The predicted molar refractivity (Wildman–Crippen MR) is 120 cm³/mol. The van der Waals surface area contributed by atoms with E-state index in [9.17, 15) is 9.59 Å². The highest BCUT2D eigenvalue weighted by Crippen LogP contribution is 2.40. The number of hydrogen-bond donors (Lipinski definition) is 1. The fraction of sp³-hybridized carbons (Fsp3) is 0.462. The van der Waals surface area contributed by atoms with Crippen molar-refractivity contribution in [2.75, 3.05) is 6.61 Å². The molecule has 5 nitrogen and oxygen atoms in total. The molecule has 1 aliphatic carbocycles. The number of carbonyl (C=O) groups excluding carboxylic acids is 2. The van der Waals surface area contributed by atoms with Crippen LogP contribution in [0, 0.1) is 5.92 Å². The van der Waals surface area contributed by atoms with Gasteiger partial charge in [-0.05, 0) is 55.4 Å². The summed E-state index contributed by atoms with van der Waals surface area (Å²) in [7, 11) is 0. The molecule has 0 bridgehead atoms. The normalized spacial score (nSPS) is 22.7. The van der Waals surface area contributed by atoms with Crippen molar-refractivity contribution in [2.45, 2.75) is 64.3 Å². The summed E-state index contributed by atoms with van der Waals surface area (Å²) < 4.78 is 5.56. The van der Waals surface area contributed by atoms with E-state index < -0.39 is 6.04 Å². The molecule has 0 radical (unpaired) electrons. The molecule has 2 amide bonds. The van der Waals surface area contributed by atoms with E-state index in [1.807, 2.05) is 66.4 Å². The largest absolute Gasteiger partial charge is 0.377 e. The fourth-order valence-electron chi connectivity index (χ4n) is 5.10. The van der Waals surface area contributed by atoms with Gasteiger partial charge in [-0.25, -0.2) is 0 Å². The van der Waals surface area contributed by atoms with E-state index in [1.54, 1.807) is 0 Å². The summed E-state index contributed by atoms with van der Waals surface area (Å²) in [4.78, 5) is 28.6. The van der Waals surface area contributed by atoms with E-state index in [0.29, 0.717) is 31.2 Å². The summed E-state index contributed by atoms with van der Waals surface area (Å²) in [5.74, 6) is 0.346. The first-order valence-electron chi connectivity index (χ1n) is 11.5. The maximum atomic E-state index is 13.4. The lowest BCUT2D eigenvalue weighted by molar-refractivity contribution is -0.125. The van der Waals surface area contributed by atoms with E-state index in [1.165, 1.54) is 6.42 Å². The number of rotatable bonds is 7. The number of nitrogens with zero attached hydrogens (tertiary/aromatic N) is 1. The Kier molecular flexibility index (Phi) is 7.03. The highest BCUT2D eigenvalue weighted by molar-refractivity contribution is 5.98. The fourth-order valence-corrected chi connectivity index (χ4v) is 5.10. The molecule has 1 saturated carbocycles. The van der Waals surface area contributed by atoms with E-state index in [0.717, 1.165) is 36.8 Å². The van der Waals surface area contributed by atoms with Gasteiger partial charge in [0.2, 0.25) is 5.91 Å². The highest BCUT2D eigenvalue weighted by Gasteiger charge is 2.47. The molecule has 2 fully saturated rings. The van der Waals surface area contributed by atoms with Crippen molar-refractivity contribution in [3.8, 4) is 0 Å². The molecule has 3 atom stereocenters. The van der Waals surface area contributed by atoms with Crippen LogP contribution < -0.4 is 5.32 Å². The maximum absolute atomic E-state index is 13.4. The van der Waals surface area contributed by atoms with Crippen LogP contribution in [0.3, 0.4) is 0 Å². The topological polar surface area (TPSA) is 58.6 Å². The van der Waals surface area contributed by atoms with Crippen molar-refractivity contribution in [2.24, 2.45) is 5.92 Å². The molecule has 0 spiro atoms. The molecule has 1 N–H and O–H groups in total. The van der Waals surface area contributed by atoms with Crippen molar-refractivity contribution in [1.82, 2.24) is 10.2 Å². The smallest absolute Gasteiger partial charge is 0.254 e. The minimum absolute atomic E-state index is 0.0214. The lowest BCUT2D eigenvalue weighted by Gasteiger charge is -2.33. The van der Waals surface area contributed by atoms with Gasteiger partial charge in [0.05, 0.1) is 6.61 Å². The molecule has 1 aliphatic heterocycles. The second kappa shape index (κ2) is 10.1. The summed E-state index contributed by atoms with van der Waals surface area (Å²) in [5, 5.41) is 3.12. The second-order valence-corrected chi connectivity index (χ2v) is 8.57. The number of fused-ring (bicyclic) bond motifs is 1. The lowest BCUT2D eigenvalue weighted by Crippen LogP contribution is -2.49. The van der Waals surface area contributed by atoms with Crippen LogP contribution >= 0.6 is 0 Å². The molecule has 4 rings (SSSR count). The average Bonchev–Trinajstić information content (AvgIpc) is 3.21. The van der Waals surface area contributed by atoms with Gasteiger partial charge in [-0.15, -0.1) is 0 Å². The molecule has 2 aromatic carbocycles. The molecule has 3 unspecified atom stereocenters. The van der Waals surface area contributed by atoms with Gasteiger partial charge in [0.25, 0.3) is 5.91 Å². The Bertz CT molecular complexity index is 899. The minimum atomic E-state index is -0.403. The zero-order valence-corrected chi connectivity index (χ0v) is 18.3. The summed E-state index contributed by atoms with van der Waals surface area (Å²) in [6.45, 7) is 3.61. The number of carbonyl (C=O) groups is 2. The van der Waals surface area contributed by atoms with Crippen LogP contribution in [0.5, 0.6) is 0 Å². The Morgan fingerprint density at radius 1 is 1.00 bits per heavy atom. The van der Waals surface area contributed by atoms with E-state index >= 15 is 0 Å². The molecule has 164 valence electrons. The Balaban J connectivity index is 1.50. The second-order valence-electron chi connectivity index (χ2n) is 8.57. The van der Waals surface area contributed by atoms with Crippen molar-refractivity contribution in [3.63, 3.8) is 0 Å². The van der Waals surface area contributed by atoms with Gasteiger partial charge in [0.1, 0.15) is 6.04 Å². The van der Waals surface area contributed by atoms with Gasteiger partial charge in [0, 0.05) is 24.8 Å². The van der Waals surface area contributed by atoms with Crippen molar-refractivity contribution in [3.05, 3.63) is 71.3 Å². The van der Waals surface area contributed by atoms with Crippen LogP contribution in [-0.4, -0.2) is 35.4 Å². The van der Waals surface area contributed by atoms with Crippen molar-refractivity contribution in [1.29, 1.82) is 0 Å². The number of likely N-dealkylation sites (tertiary alicyclic amines) is 1. The summed E-state index contributed by atoms with van der Waals surface area (Å²) in [5.41, 5.74) is 2.80. The lowest BCUT2D eigenvalue weighted by atomic mass is 9.84. The zero-order chi connectivity index (χ0) is 21.6. The van der Waals surface area contributed by atoms with Gasteiger partial charge >= 0.3 is 0 Å². The first-order valence-corrected chi connectivity index (χ1v) is 11.5. The molecule has 31 heavy (non-hydrogen) atoms. The Morgan fingerprint density at radius 2 is 1.71 bits per heavy atom. The Labute approximate surface area is 184 Å². The van der Waals surface area contributed by atoms with Gasteiger partial charge in [0.15, 0.2) is 0 Å². The Hall–Kier alpha value is -2.66. The average molecular weight is 421 g/mol. The minimum Gasteiger partial charge on any atom is -0.377 e. The summed E-state index contributed by atoms with van der Waals surface area (Å²) >= 11 is 0.